The minimum atomic E-state index is 1.08. The first kappa shape index (κ1) is 11.4. The Kier molecular flexibility index (Phi) is 5.49. The Morgan fingerprint density at radius 3 is 2.36 bits per heavy atom. The summed E-state index contributed by atoms with van der Waals surface area (Å²) in [5, 5.41) is 0. The van der Waals surface area contributed by atoms with Gasteiger partial charge in [0.15, 0.2) is 0 Å². The standard InChI is InChI=1S/C11H13NS2/c1-13-11(14-2)12-9-8-10-6-4-3-5-7-10/h3-9H,1-2H3/b9-8+. The highest BCUT2D eigenvalue weighted by Gasteiger charge is 1.89. The molecule has 0 atom stereocenters. The Hall–Kier alpha value is -0.670. The highest BCUT2D eigenvalue weighted by molar-refractivity contribution is 8.38. The zero-order valence-corrected chi connectivity index (χ0v) is 9.94. The number of thioether (sulfide) groups is 2. The fourth-order valence-corrected chi connectivity index (χ4v) is 1.94. The Morgan fingerprint density at radius 2 is 1.79 bits per heavy atom. The van der Waals surface area contributed by atoms with Gasteiger partial charge in [-0.05, 0) is 24.2 Å². The van der Waals surface area contributed by atoms with Crippen molar-refractivity contribution in [3.8, 4) is 0 Å². The molecule has 14 heavy (non-hydrogen) atoms. The molecule has 0 aromatic heterocycles. The van der Waals surface area contributed by atoms with Gasteiger partial charge < -0.3 is 0 Å². The van der Waals surface area contributed by atoms with Crippen LogP contribution in [0.1, 0.15) is 5.56 Å². The van der Waals surface area contributed by atoms with Crippen LogP contribution in [-0.2, 0) is 0 Å². The molecule has 3 heteroatoms. The van der Waals surface area contributed by atoms with E-state index in [4.69, 9.17) is 0 Å². The lowest BCUT2D eigenvalue weighted by molar-refractivity contribution is 1.60. The molecule has 0 bridgehead atoms. The van der Waals surface area contributed by atoms with Crippen LogP contribution in [0.25, 0.3) is 6.08 Å². The summed E-state index contributed by atoms with van der Waals surface area (Å²) in [6, 6.07) is 10.2. The van der Waals surface area contributed by atoms with E-state index in [0.29, 0.717) is 0 Å². The van der Waals surface area contributed by atoms with E-state index in [2.05, 4.69) is 17.1 Å². The molecule has 1 nitrogen and oxygen atoms in total. The second kappa shape index (κ2) is 6.74. The third-order valence-electron chi connectivity index (χ3n) is 1.60. The van der Waals surface area contributed by atoms with Crippen LogP contribution in [0.3, 0.4) is 0 Å². The van der Waals surface area contributed by atoms with Gasteiger partial charge in [-0.1, -0.05) is 30.3 Å². The van der Waals surface area contributed by atoms with Crippen molar-refractivity contribution in [3.05, 3.63) is 42.1 Å². The minimum absolute atomic E-state index is 1.08. The highest BCUT2D eigenvalue weighted by Crippen LogP contribution is 2.11. The Bertz CT molecular complexity index is 311. The van der Waals surface area contributed by atoms with E-state index in [1.54, 1.807) is 23.5 Å². The Balaban J connectivity index is 2.61. The second-order valence-corrected chi connectivity index (χ2v) is 4.38. The molecule has 0 saturated carbocycles. The second-order valence-electron chi connectivity index (χ2n) is 2.53. The van der Waals surface area contributed by atoms with E-state index in [9.17, 15) is 0 Å². The van der Waals surface area contributed by atoms with Crippen molar-refractivity contribution >= 4 is 34.0 Å². The Labute approximate surface area is 93.7 Å². The van der Waals surface area contributed by atoms with Gasteiger partial charge in [0, 0.05) is 6.20 Å². The van der Waals surface area contributed by atoms with Gasteiger partial charge in [-0.25, -0.2) is 4.99 Å². The summed E-state index contributed by atoms with van der Waals surface area (Å²) in [4.78, 5) is 4.32. The third-order valence-corrected chi connectivity index (χ3v) is 3.51. The summed E-state index contributed by atoms with van der Waals surface area (Å²) in [6.07, 6.45) is 7.92. The van der Waals surface area contributed by atoms with Crippen LogP contribution in [-0.4, -0.2) is 16.9 Å². The number of hydrogen-bond acceptors (Lipinski definition) is 3. The molecule has 0 amide bonds. The van der Waals surface area contributed by atoms with Gasteiger partial charge >= 0.3 is 0 Å². The lowest BCUT2D eigenvalue weighted by Gasteiger charge is -1.93. The monoisotopic (exact) mass is 223 g/mol. The number of benzene rings is 1. The number of nitrogens with zero attached hydrogens (tertiary/aromatic N) is 1. The van der Waals surface area contributed by atoms with Crippen molar-refractivity contribution in [2.24, 2.45) is 4.99 Å². The van der Waals surface area contributed by atoms with Gasteiger partial charge in [0.25, 0.3) is 0 Å². The minimum Gasteiger partial charge on any atom is -0.243 e. The average molecular weight is 223 g/mol. The maximum Gasteiger partial charge on any atom is 0.129 e. The topological polar surface area (TPSA) is 12.4 Å². The van der Waals surface area contributed by atoms with E-state index in [-0.39, 0.29) is 0 Å². The van der Waals surface area contributed by atoms with Crippen molar-refractivity contribution in [1.29, 1.82) is 0 Å². The Morgan fingerprint density at radius 1 is 1.14 bits per heavy atom. The molecule has 74 valence electrons. The normalized spacial score (nSPS) is 10.4. The van der Waals surface area contributed by atoms with Crippen LogP contribution in [0.2, 0.25) is 0 Å². The first-order valence-electron chi connectivity index (χ1n) is 4.24. The van der Waals surface area contributed by atoms with Gasteiger partial charge in [-0.15, -0.1) is 23.5 Å². The number of hydrogen-bond donors (Lipinski definition) is 0. The largest absolute Gasteiger partial charge is 0.243 e. The highest BCUT2D eigenvalue weighted by atomic mass is 32.2. The van der Waals surface area contributed by atoms with Crippen LogP contribution in [0.5, 0.6) is 0 Å². The smallest absolute Gasteiger partial charge is 0.129 e. The predicted octanol–water partition coefficient (Wildman–Crippen LogP) is 3.74. The van der Waals surface area contributed by atoms with Crippen molar-refractivity contribution in [2.45, 2.75) is 0 Å². The molecule has 0 saturated heterocycles. The molecule has 1 aromatic carbocycles. The van der Waals surface area contributed by atoms with Crippen LogP contribution >= 0.6 is 23.5 Å². The fraction of sp³-hybridized carbons (Fsp3) is 0.182. The van der Waals surface area contributed by atoms with E-state index < -0.39 is 0 Å². The van der Waals surface area contributed by atoms with Gasteiger partial charge in [-0.3, -0.25) is 0 Å². The van der Waals surface area contributed by atoms with E-state index in [1.807, 2.05) is 43.0 Å². The van der Waals surface area contributed by atoms with Crippen molar-refractivity contribution in [2.75, 3.05) is 12.5 Å². The summed E-state index contributed by atoms with van der Waals surface area (Å²) < 4.78 is 1.08. The van der Waals surface area contributed by atoms with Gasteiger partial charge in [0.2, 0.25) is 0 Å². The van der Waals surface area contributed by atoms with Crippen LogP contribution in [0.15, 0.2) is 41.5 Å². The lowest BCUT2D eigenvalue weighted by atomic mass is 10.2. The molecule has 1 rings (SSSR count). The maximum absolute atomic E-state index is 4.32. The average Bonchev–Trinajstić information content (AvgIpc) is 2.26. The van der Waals surface area contributed by atoms with Gasteiger partial charge in [0.05, 0.1) is 0 Å². The van der Waals surface area contributed by atoms with E-state index in [1.165, 1.54) is 5.56 Å². The summed E-state index contributed by atoms with van der Waals surface area (Å²) in [6.45, 7) is 0. The molecule has 0 aliphatic carbocycles. The molecule has 1 aromatic rings. The van der Waals surface area contributed by atoms with Crippen LogP contribution < -0.4 is 0 Å². The number of rotatable bonds is 2. The molecular weight excluding hydrogens is 210 g/mol. The van der Waals surface area contributed by atoms with E-state index >= 15 is 0 Å². The molecule has 0 spiro atoms. The maximum atomic E-state index is 4.32. The van der Waals surface area contributed by atoms with Crippen LogP contribution in [0, 0.1) is 0 Å². The molecule has 0 radical (unpaired) electrons. The van der Waals surface area contributed by atoms with E-state index in [0.717, 1.165) is 4.38 Å². The van der Waals surface area contributed by atoms with Gasteiger partial charge in [0.1, 0.15) is 4.38 Å². The number of aliphatic imine (C=N–C) groups is 1. The van der Waals surface area contributed by atoms with Crippen molar-refractivity contribution < 1.29 is 0 Å². The summed E-state index contributed by atoms with van der Waals surface area (Å²) >= 11 is 3.33. The molecule has 0 unspecified atom stereocenters. The molecule has 0 aliphatic heterocycles. The molecule has 0 aliphatic rings. The zero-order chi connectivity index (χ0) is 10.2. The summed E-state index contributed by atoms with van der Waals surface area (Å²) in [5.41, 5.74) is 1.18. The molecule has 0 N–H and O–H groups in total. The molecule has 0 fully saturated rings. The fourth-order valence-electron chi connectivity index (χ4n) is 0.937. The molecular formula is C11H13NS2. The lowest BCUT2D eigenvalue weighted by Crippen LogP contribution is -1.78. The quantitative estimate of drug-likeness (QED) is 0.559. The SMILES string of the molecule is CSC(=N/C=C/c1ccccc1)SC. The molecule has 0 heterocycles. The zero-order valence-electron chi connectivity index (χ0n) is 8.31. The first-order chi connectivity index (χ1) is 6.86. The van der Waals surface area contributed by atoms with Crippen molar-refractivity contribution in [3.63, 3.8) is 0 Å². The summed E-state index contributed by atoms with van der Waals surface area (Å²) in [7, 11) is 0. The summed E-state index contributed by atoms with van der Waals surface area (Å²) in [5.74, 6) is 0. The first-order valence-corrected chi connectivity index (χ1v) is 6.69. The van der Waals surface area contributed by atoms with Crippen LogP contribution in [0.4, 0.5) is 0 Å². The van der Waals surface area contributed by atoms with Crippen molar-refractivity contribution in [1.82, 2.24) is 0 Å². The van der Waals surface area contributed by atoms with Gasteiger partial charge in [-0.2, -0.15) is 0 Å². The third kappa shape index (κ3) is 4.03. The predicted molar refractivity (Wildman–Crippen MR) is 69.9 cm³/mol.